The molecular formula is C11H13BrN2. The molecule has 1 unspecified atom stereocenters. The lowest BCUT2D eigenvalue weighted by molar-refractivity contribution is 0.524. The van der Waals surface area contributed by atoms with Gasteiger partial charge < -0.3 is 0 Å². The maximum absolute atomic E-state index is 5.46. The van der Waals surface area contributed by atoms with Crippen LogP contribution < -0.4 is 11.3 Å². The largest absolute Gasteiger partial charge is 0.271 e. The zero-order chi connectivity index (χ0) is 10.4. The Balaban J connectivity index is 2.74. The number of benzene rings is 1. The molecule has 0 radical (unpaired) electrons. The molecule has 0 aliphatic rings. The van der Waals surface area contributed by atoms with Crippen LogP contribution in [0.1, 0.15) is 24.4 Å². The van der Waals surface area contributed by atoms with Crippen LogP contribution >= 0.6 is 15.9 Å². The molecule has 74 valence electrons. The van der Waals surface area contributed by atoms with Crippen LogP contribution in [-0.4, -0.2) is 0 Å². The Morgan fingerprint density at radius 3 is 2.93 bits per heavy atom. The van der Waals surface area contributed by atoms with Crippen molar-refractivity contribution in [1.29, 1.82) is 0 Å². The first-order valence-corrected chi connectivity index (χ1v) is 5.22. The topological polar surface area (TPSA) is 38.0 Å². The van der Waals surface area contributed by atoms with Crippen LogP contribution in [0.3, 0.4) is 0 Å². The Kier molecular flexibility index (Phi) is 4.68. The van der Waals surface area contributed by atoms with Gasteiger partial charge in [0.2, 0.25) is 0 Å². The van der Waals surface area contributed by atoms with Crippen molar-refractivity contribution in [3.8, 4) is 12.3 Å². The van der Waals surface area contributed by atoms with Gasteiger partial charge in [0, 0.05) is 16.9 Å². The van der Waals surface area contributed by atoms with Gasteiger partial charge in [0.1, 0.15) is 0 Å². The second kappa shape index (κ2) is 5.82. The Morgan fingerprint density at radius 1 is 1.57 bits per heavy atom. The van der Waals surface area contributed by atoms with Gasteiger partial charge in [0.05, 0.1) is 0 Å². The van der Waals surface area contributed by atoms with Crippen LogP contribution in [0.15, 0.2) is 28.7 Å². The summed E-state index contributed by atoms with van der Waals surface area (Å²) in [7, 11) is 0. The Hall–Kier alpha value is -0.820. The second-order valence-corrected chi connectivity index (χ2v) is 3.93. The molecule has 3 N–H and O–H groups in total. The van der Waals surface area contributed by atoms with Crippen molar-refractivity contribution in [2.75, 3.05) is 0 Å². The van der Waals surface area contributed by atoms with E-state index in [-0.39, 0.29) is 6.04 Å². The number of rotatable bonds is 4. The molecule has 0 amide bonds. The van der Waals surface area contributed by atoms with Gasteiger partial charge in [-0.15, -0.1) is 12.3 Å². The van der Waals surface area contributed by atoms with E-state index < -0.39 is 0 Å². The van der Waals surface area contributed by atoms with Gasteiger partial charge in [-0.3, -0.25) is 11.3 Å². The fourth-order valence-corrected chi connectivity index (χ4v) is 1.71. The fraction of sp³-hybridized carbons (Fsp3) is 0.273. The number of hydrazine groups is 1. The standard InChI is InChI=1S/C11H13BrN2/c1-2-3-7-11(14-13)9-5-4-6-10(12)8-9/h1,4-6,8,11,14H,3,7,13H2. The molecular weight excluding hydrogens is 240 g/mol. The summed E-state index contributed by atoms with van der Waals surface area (Å²) in [6.45, 7) is 0. The van der Waals surface area contributed by atoms with Crippen LogP contribution in [0.25, 0.3) is 0 Å². The molecule has 1 aromatic rings. The molecule has 0 saturated carbocycles. The molecule has 1 aromatic carbocycles. The molecule has 0 bridgehead atoms. The Labute approximate surface area is 93.0 Å². The van der Waals surface area contributed by atoms with Crippen molar-refractivity contribution in [2.45, 2.75) is 18.9 Å². The average Bonchev–Trinajstić information content (AvgIpc) is 2.19. The summed E-state index contributed by atoms with van der Waals surface area (Å²) in [4.78, 5) is 0. The van der Waals surface area contributed by atoms with Crippen LogP contribution in [-0.2, 0) is 0 Å². The molecule has 0 aromatic heterocycles. The lowest BCUT2D eigenvalue weighted by Crippen LogP contribution is -2.27. The third-order valence-electron chi connectivity index (χ3n) is 2.03. The minimum atomic E-state index is 0.128. The van der Waals surface area contributed by atoms with Crippen LogP contribution in [0.5, 0.6) is 0 Å². The number of halogens is 1. The molecule has 0 spiro atoms. The minimum Gasteiger partial charge on any atom is -0.271 e. The van der Waals surface area contributed by atoms with Crippen LogP contribution in [0.4, 0.5) is 0 Å². The maximum atomic E-state index is 5.46. The summed E-state index contributed by atoms with van der Waals surface area (Å²) in [6, 6.07) is 8.17. The number of nitrogens with one attached hydrogen (secondary N) is 1. The second-order valence-electron chi connectivity index (χ2n) is 3.02. The lowest BCUT2D eigenvalue weighted by Gasteiger charge is -2.14. The molecule has 0 saturated heterocycles. The highest BCUT2D eigenvalue weighted by Crippen LogP contribution is 2.20. The monoisotopic (exact) mass is 252 g/mol. The van der Waals surface area contributed by atoms with Gasteiger partial charge in [0.15, 0.2) is 0 Å². The Bertz CT molecular complexity index is 330. The van der Waals surface area contributed by atoms with Gasteiger partial charge in [-0.05, 0) is 24.1 Å². The fourth-order valence-electron chi connectivity index (χ4n) is 1.30. The predicted molar refractivity (Wildman–Crippen MR) is 62.3 cm³/mol. The average molecular weight is 253 g/mol. The first-order valence-electron chi connectivity index (χ1n) is 4.43. The number of hydrogen-bond donors (Lipinski definition) is 2. The van der Waals surface area contributed by atoms with E-state index in [1.807, 2.05) is 24.3 Å². The van der Waals surface area contributed by atoms with Crippen molar-refractivity contribution in [3.63, 3.8) is 0 Å². The van der Waals surface area contributed by atoms with Crippen molar-refractivity contribution >= 4 is 15.9 Å². The summed E-state index contributed by atoms with van der Waals surface area (Å²) in [6.07, 6.45) is 6.79. The summed E-state index contributed by atoms with van der Waals surface area (Å²) < 4.78 is 1.05. The molecule has 0 fully saturated rings. The quantitative estimate of drug-likeness (QED) is 0.491. The highest BCUT2D eigenvalue weighted by atomic mass is 79.9. The molecule has 1 rings (SSSR count). The zero-order valence-corrected chi connectivity index (χ0v) is 9.42. The summed E-state index contributed by atoms with van der Waals surface area (Å²) >= 11 is 3.42. The smallest absolute Gasteiger partial charge is 0.0469 e. The van der Waals surface area contributed by atoms with E-state index in [2.05, 4.69) is 27.3 Å². The number of terminal acetylenes is 1. The SMILES string of the molecule is C#CCCC(NN)c1cccc(Br)c1. The molecule has 1 atom stereocenters. The van der Waals surface area contributed by atoms with E-state index in [9.17, 15) is 0 Å². The van der Waals surface area contributed by atoms with Gasteiger partial charge in [0.25, 0.3) is 0 Å². The molecule has 0 aliphatic heterocycles. The van der Waals surface area contributed by atoms with E-state index >= 15 is 0 Å². The van der Waals surface area contributed by atoms with Crippen LogP contribution in [0.2, 0.25) is 0 Å². The third-order valence-corrected chi connectivity index (χ3v) is 2.52. The van der Waals surface area contributed by atoms with Crippen molar-refractivity contribution < 1.29 is 0 Å². The molecule has 0 aliphatic carbocycles. The molecule has 2 nitrogen and oxygen atoms in total. The highest BCUT2D eigenvalue weighted by Gasteiger charge is 2.08. The van der Waals surface area contributed by atoms with E-state index in [4.69, 9.17) is 12.3 Å². The lowest BCUT2D eigenvalue weighted by atomic mass is 10.0. The van der Waals surface area contributed by atoms with Crippen LogP contribution in [0, 0.1) is 12.3 Å². The highest BCUT2D eigenvalue weighted by molar-refractivity contribution is 9.10. The molecule has 14 heavy (non-hydrogen) atoms. The molecule has 3 heteroatoms. The first kappa shape index (κ1) is 11.3. The first-order chi connectivity index (χ1) is 6.77. The normalized spacial score (nSPS) is 12.1. The minimum absolute atomic E-state index is 0.128. The number of nitrogens with two attached hydrogens (primary N) is 1. The van der Waals surface area contributed by atoms with Gasteiger partial charge in [-0.25, -0.2) is 0 Å². The van der Waals surface area contributed by atoms with Gasteiger partial charge in [-0.2, -0.15) is 0 Å². The molecule has 0 heterocycles. The predicted octanol–water partition coefficient (Wildman–Crippen LogP) is 2.37. The maximum Gasteiger partial charge on any atom is 0.0469 e. The van der Waals surface area contributed by atoms with Gasteiger partial charge >= 0.3 is 0 Å². The van der Waals surface area contributed by atoms with Crippen molar-refractivity contribution in [3.05, 3.63) is 34.3 Å². The van der Waals surface area contributed by atoms with E-state index in [0.29, 0.717) is 0 Å². The zero-order valence-electron chi connectivity index (χ0n) is 7.83. The third kappa shape index (κ3) is 3.15. The number of hydrogen-bond acceptors (Lipinski definition) is 2. The van der Waals surface area contributed by atoms with E-state index in [0.717, 1.165) is 22.9 Å². The summed E-state index contributed by atoms with van der Waals surface area (Å²) in [5.41, 5.74) is 3.91. The Morgan fingerprint density at radius 2 is 2.36 bits per heavy atom. The summed E-state index contributed by atoms with van der Waals surface area (Å²) in [5.74, 6) is 8.07. The summed E-state index contributed by atoms with van der Waals surface area (Å²) in [5, 5.41) is 0. The van der Waals surface area contributed by atoms with Crippen molar-refractivity contribution in [1.82, 2.24) is 5.43 Å². The van der Waals surface area contributed by atoms with E-state index in [1.165, 1.54) is 0 Å². The van der Waals surface area contributed by atoms with Crippen molar-refractivity contribution in [2.24, 2.45) is 5.84 Å². The van der Waals surface area contributed by atoms with Gasteiger partial charge in [-0.1, -0.05) is 28.1 Å². The van der Waals surface area contributed by atoms with E-state index in [1.54, 1.807) is 0 Å².